The topological polar surface area (TPSA) is 85.7 Å². The minimum absolute atomic E-state index is 0.249. The summed E-state index contributed by atoms with van der Waals surface area (Å²) in [6.45, 7) is 9.17. The molecule has 0 spiro atoms. The van der Waals surface area contributed by atoms with Gasteiger partial charge >= 0.3 is 5.97 Å². The van der Waals surface area contributed by atoms with Crippen LogP contribution in [0.4, 0.5) is 5.69 Å². The summed E-state index contributed by atoms with van der Waals surface area (Å²) in [7, 11) is 0. The fourth-order valence-corrected chi connectivity index (χ4v) is 3.85. The largest absolute Gasteiger partial charge is 0.462 e. The van der Waals surface area contributed by atoms with Gasteiger partial charge in [-0.2, -0.15) is 0 Å². The van der Waals surface area contributed by atoms with Gasteiger partial charge in [-0.05, 0) is 50.2 Å². The Morgan fingerprint density at radius 2 is 1.94 bits per heavy atom. The fraction of sp³-hybridized carbons (Fsp3) is 0.375. The molecule has 168 valence electrons. The number of nitrogens with one attached hydrogen (secondary N) is 1. The van der Waals surface area contributed by atoms with E-state index in [9.17, 15) is 9.59 Å². The van der Waals surface area contributed by atoms with Crippen molar-refractivity contribution in [3.8, 4) is 0 Å². The average molecular weight is 437 g/mol. The van der Waals surface area contributed by atoms with Crippen molar-refractivity contribution in [2.45, 2.75) is 20.4 Å². The van der Waals surface area contributed by atoms with Crippen molar-refractivity contribution in [2.75, 3.05) is 44.8 Å². The van der Waals surface area contributed by atoms with Crippen LogP contribution in [0.3, 0.4) is 0 Å². The molecule has 3 aromatic rings. The van der Waals surface area contributed by atoms with E-state index in [0.29, 0.717) is 16.9 Å². The number of fused-ring (bicyclic) bond motifs is 1. The number of benzene rings is 1. The summed E-state index contributed by atoms with van der Waals surface area (Å²) in [6.07, 6.45) is 2.08. The molecule has 1 aliphatic rings. The predicted molar refractivity (Wildman–Crippen MR) is 122 cm³/mol. The third kappa shape index (κ3) is 4.98. The molecule has 0 bridgehead atoms. The van der Waals surface area contributed by atoms with Crippen LogP contribution in [0.1, 0.15) is 33.5 Å². The van der Waals surface area contributed by atoms with Crippen molar-refractivity contribution in [2.24, 2.45) is 0 Å². The van der Waals surface area contributed by atoms with Crippen LogP contribution in [0.5, 0.6) is 0 Å². The first kappa shape index (κ1) is 22.0. The van der Waals surface area contributed by atoms with Gasteiger partial charge in [0.15, 0.2) is 0 Å². The fourth-order valence-electron chi connectivity index (χ4n) is 3.85. The number of hydrogen-bond donors (Lipinski definition) is 1. The number of nitrogens with zero attached hydrogens (tertiary/aromatic N) is 3. The standard InChI is InChI=1S/C24H28N4O4/c1-3-32-24(30)20-5-6-21(25-17(20)2)23(29)26-19-4-7-22-18(16-19)8-9-28(22)11-10-27-12-14-31-15-13-27/h4-9,16H,3,10-15H2,1-2H3,(H,26,29). The van der Waals surface area contributed by atoms with E-state index < -0.39 is 5.97 Å². The van der Waals surface area contributed by atoms with E-state index >= 15 is 0 Å². The van der Waals surface area contributed by atoms with Gasteiger partial charge in [-0.25, -0.2) is 9.78 Å². The molecule has 1 fully saturated rings. The Labute approximate surface area is 187 Å². The van der Waals surface area contributed by atoms with Gasteiger partial charge in [0.25, 0.3) is 5.91 Å². The van der Waals surface area contributed by atoms with Crippen molar-refractivity contribution in [3.63, 3.8) is 0 Å². The smallest absolute Gasteiger partial charge is 0.339 e. The highest BCUT2D eigenvalue weighted by Crippen LogP contribution is 2.21. The zero-order valence-electron chi connectivity index (χ0n) is 18.5. The highest BCUT2D eigenvalue weighted by molar-refractivity contribution is 6.04. The maximum atomic E-state index is 12.7. The second-order valence-electron chi connectivity index (χ2n) is 7.74. The van der Waals surface area contributed by atoms with Crippen molar-refractivity contribution >= 4 is 28.5 Å². The zero-order chi connectivity index (χ0) is 22.5. The Kier molecular flexibility index (Phi) is 6.82. The first-order valence-corrected chi connectivity index (χ1v) is 10.9. The average Bonchev–Trinajstić information content (AvgIpc) is 3.20. The molecule has 2 aromatic heterocycles. The van der Waals surface area contributed by atoms with Crippen LogP contribution in [-0.2, 0) is 16.0 Å². The molecule has 1 aliphatic heterocycles. The third-order valence-corrected chi connectivity index (χ3v) is 5.60. The molecule has 0 unspecified atom stereocenters. The Balaban J connectivity index is 1.42. The Morgan fingerprint density at radius 1 is 1.12 bits per heavy atom. The van der Waals surface area contributed by atoms with Crippen LogP contribution in [0.25, 0.3) is 10.9 Å². The normalized spacial score (nSPS) is 14.4. The van der Waals surface area contributed by atoms with Crippen molar-refractivity contribution in [3.05, 3.63) is 59.5 Å². The Hall–Kier alpha value is -3.23. The first-order valence-electron chi connectivity index (χ1n) is 10.9. The quantitative estimate of drug-likeness (QED) is 0.573. The molecule has 32 heavy (non-hydrogen) atoms. The number of morpholine rings is 1. The van der Waals surface area contributed by atoms with Crippen molar-refractivity contribution in [1.29, 1.82) is 0 Å². The second kappa shape index (κ2) is 9.93. The van der Waals surface area contributed by atoms with E-state index in [-0.39, 0.29) is 18.2 Å². The third-order valence-electron chi connectivity index (χ3n) is 5.60. The molecule has 0 saturated carbocycles. The molecule has 3 heterocycles. The minimum Gasteiger partial charge on any atom is -0.462 e. The summed E-state index contributed by atoms with van der Waals surface area (Å²) >= 11 is 0. The maximum absolute atomic E-state index is 12.7. The van der Waals surface area contributed by atoms with Gasteiger partial charge in [0.1, 0.15) is 5.69 Å². The number of hydrogen-bond acceptors (Lipinski definition) is 6. The molecule has 1 saturated heterocycles. The molecule has 1 N–H and O–H groups in total. The minimum atomic E-state index is -0.437. The monoisotopic (exact) mass is 436 g/mol. The number of pyridine rings is 1. The van der Waals surface area contributed by atoms with Gasteiger partial charge in [-0.15, -0.1) is 0 Å². The lowest BCUT2D eigenvalue weighted by Crippen LogP contribution is -2.38. The molecule has 0 radical (unpaired) electrons. The summed E-state index contributed by atoms with van der Waals surface area (Å²) in [4.78, 5) is 31.3. The molecule has 8 nitrogen and oxygen atoms in total. The lowest BCUT2D eigenvalue weighted by Gasteiger charge is -2.26. The SMILES string of the molecule is CCOC(=O)c1ccc(C(=O)Nc2ccc3c(ccn3CCN3CCOCC3)c2)nc1C. The zero-order valence-corrected chi connectivity index (χ0v) is 18.5. The number of aryl methyl sites for hydroxylation is 1. The van der Waals surface area contributed by atoms with Crippen LogP contribution in [0.15, 0.2) is 42.6 Å². The number of aromatic nitrogens is 2. The lowest BCUT2D eigenvalue weighted by molar-refractivity contribution is 0.0365. The van der Waals surface area contributed by atoms with E-state index in [0.717, 1.165) is 50.3 Å². The summed E-state index contributed by atoms with van der Waals surface area (Å²) in [5.41, 5.74) is 2.90. The summed E-state index contributed by atoms with van der Waals surface area (Å²) in [5.74, 6) is -0.761. The summed E-state index contributed by atoms with van der Waals surface area (Å²) in [6, 6.07) is 11.0. The Bertz CT molecular complexity index is 1120. The second-order valence-corrected chi connectivity index (χ2v) is 7.74. The first-order chi connectivity index (χ1) is 15.5. The molecule has 4 rings (SSSR count). The van der Waals surface area contributed by atoms with Crippen LogP contribution >= 0.6 is 0 Å². The van der Waals surface area contributed by atoms with E-state index in [1.807, 2.05) is 18.2 Å². The number of amides is 1. The number of carbonyl (C=O) groups excluding carboxylic acids is 2. The van der Waals surface area contributed by atoms with Gasteiger partial charge in [-0.1, -0.05) is 0 Å². The molecule has 1 aromatic carbocycles. The lowest BCUT2D eigenvalue weighted by atomic mass is 10.1. The summed E-state index contributed by atoms with van der Waals surface area (Å²) in [5, 5.41) is 3.96. The molecular weight excluding hydrogens is 408 g/mol. The van der Waals surface area contributed by atoms with Crippen LogP contribution in [0.2, 0.25) is 0 Å². The van der Waals surface area contributed by atoms with Gasteiger partial charge in [-0.3, -0.25) is 9.69 Å². The predicted octanol–water partition coefficient (Wildman–Crippen LogP) is 3.11. The number of carbonyl (C=O) groups is 2. The maximum Gasteiger partial charge on any atom is 0.339 e. The van der Waals surface area contributed by atoms with E-state index in [2.05, 4.69) is 32.0 Å². The van der Waals surface area contributed by atoms with Crippen LogP contribution in [-0.4, -0.2) is 65.8 Å². The number of ether oxygens (including phenoxy) is 2. The number of rotatable bonds is 7. The number of anilines is 1. The van der Waals surface area contributed by atoms with Gasteiger partial charge in [0, 0.05) is 49.0 Å². The van der Waals surface area contributed by atoms with E-state index in [1.165, 1.54) is 6.07 Å². The van der Waals surface area contributed by atoms with Gasteiger partial charge in [0.2, 0.25) is 0 Å². The molecule has 0 atom stereocenters. The molecular formula is C24H28N4O4. The Morgan fingerprint density at radius 3 is 2.69 bits per heavy atom. The summed E-state index contributed by atoms with van der Waals surface area (Å²) < 4.78 is 12.6. The van der Waals surface area contributed by atoms with Crippen molar-refractivity contribution < 1.29 is 19.1 Å². The van der Waals surface area contributed by atoms with E-state index in [1.54, 1.807) is 19.9 Å². The highest BCUT2D eigenvalue weighted by atomic mass is 16.5. The van der Waals surface area contributed by atoms with Gasteiger partial charge < -0.3 is 19.4 Å². The molecule has 1 amide bonds. The van der Waals surface area contributed by atoms with E-state index in [4.69, 9.17) is 9.47 Å². The van der Waals surface area contributed by atoms with Crippen LogP contribution < -0.4 is 5.32 Å². The highest BCUT2D eigenvalue weighted by Gasteiger charge is 2.15. The molecule has 8 heteroatoms. The van der Waals surface area contributed by atoms with Crippen molar-refractivity contribution in [1.82, 2.24) is 14.5 Å². The van der Waals surface area contributed by atoms with Gasteiger partial charge in [0.05, 0.1) is 31.1 Å². The number of esters is 1. The molecule has 0 aliphatic carbocycles. The van der Waals surface area contributed by atoms with Crippen LogP contribution in [0, 0.1) is 6.92 Å².